The van der Waals surface area contributed by atoms with Gasteiger partial charge in [0, 0.05) is 37.3 Å². The Bertz CT molecular complexity index is 682. The Kier molecular flexibility index (Phi) is 5.04. The average molecular weight is 347 g/mol. The third kappa shape index (κ3) is 3.53. The van der Waals surface area contributed by atoms with E-state index in [1.807, 2.05) is 36.4 Å². The molecule has 5 nitrogen and oxygen atoms in total. The second-order valence-corrected chi connectivity index (χ2v) is 7.11. The molecule has 6 heteroatoms. The smallest absolute Gasteiger partial charge is 0.151 e. The molecule has 1 aromatic heterocycles. The van der Waals surface area contributed by atoms with Crippen LogP contribution in [0.2, 0.25) is 5.02 Å². The number of aliphatic hydroxyl groups excluding tert-OH is 1. The molecular formula is C18H23ClN4O. The number of nitrogens with zero attached hydrogens (tertiary/aromatic N) is 4. The summed E-state index contributed by atoms with van der Waals surface area (Å²) in [5.74, 6) is 0.882. The fraction of sp³-hybridized carbons (Fsp3) is 0.444. The summed E-state index contributed by atoms with van der Waals surface area (Å²) < 4.78 is 0. The maximum atomic E-state index is 9.50. The minimum Gasteiger partial charge on any atom is -0.394 e. The normalized spacial score (nSPS) is 16.4. The molecule has 128 valence electrons. The molecule has 2 heterocycles. The summed E-state index contributed by atoms with van der Waals surface area (Å²) in [6, 6.07) is 11.6. The Morgan fingerprint density at radius 2 is 1.75 bits per heavy atom. The van der Waals surface area contributed by atoms with Gasteiger partial charge >= 0.3 is 0 Å². The maximum Gasteiger partial charge on any atom is 0.151 e. The van der Waals surface area contributed by atoms with Crippen molar-refractivity contribution in [3.05, 3.63) is 41.4 Å². The van der Waals surface area contributed by atoms with Gasteiger partial charge in [-0.25, -0.2) is 0 Å². The lowest BCUT2D eigenvalue weighted by atomic mass is 10.0. The first-order chi connectivity index (χ1) is 11.5. The highest BCUT2D eigenvalue weighted by molar-refractivity contribution is 6.33. The van der Waals surface area contributed by atoms with Crippen molar-refractivity contribution in [2.24, 2.45) is 0 Å². The first kappa shape index (κ1) is 17.1. The van der Waals surface area contributed by atoms with Crippen molar-refractivity contribution in [1.29, 1.82) is 0 Å². The lowest BCUT2D eigenvalue weighted by Crippen LogP contribution is -2.56. The van der Waals surface area contributed by atoms with Crippen molar-refractivity contribution >= 4 is 17.4 Å². The van der Waals surface area contributed by atoms with Crippen molar-refractivity contribution in [1.82, 2.24) is 15.1 Å². The number of benzene rings is 1. The van der Waals surface area contributed by atoms with Crippen LogP contribution in [0.1, 0.15) is 13.8 Å². The summed E-state index contributed by atoms with van der Waals surface area (Å²) >= 11 is 6.22. The van der Waals surface area contributed by atoms with Crippen molar-refractivity contribution in [3.8, 4) is 11.3 Å². The van der Waals surface area contributed by atoms with Crippen LogP contribution in [0.15, 0.2) is 36.4 Å². The van der Waals surface area contributed by atoms with Crippen LogP contribution in [-0.4, -0.2) is 58.5 Å². The van der Waals surface area contributed by atoms with Crippen LogP contribution >= 0.6 is 11.6 Å². The van der Waals surface area contributed by atoms with Crippen LogP contribution in [0.25, 0.3) is 11.3 Å². The Balaban J connectivity index is 1.68. The molecule has 0 aliphatic carbocycles. The largest absolute Gasteiger partial charge is 0.394 e. The van der Waals surface area contributed by atoms with Gasteiger partial charge in [0.15, 0.2) is 5.82 Å². The Morgan fingerprint density at radius 1 is 1.04 bits per heavy atom. The fourth-order valence-electron chi connectivity index (χ4n) is 2.95. The zero-order chi connectivity index (χ0) is 17.2. The van der Waals surface area contributed by atoms with Crippen LogP contribution in [0.5, 0.6) is 0 Å². The lowest BCUT2D eigenvalue weighted by Gasteiger charge is -2.43. The first-order valence-electron chi connectivity index (χ1n) is 8.21. The van der Waals surface area contributed by atoms with Gasteiger partial charge in [0.1, 0.15) is 0 Å². The molecule has 0 saturated carbocycles. The first-order valence-corrected chi connectivity index (χ1v) is 8.58. The molecule has 0 spiro atoms. The Labute approximate surface area is 147 Å². The third-order valence-electron chi connectivity index (χ3n) is 4.65. The van der Waals surface area contributed by atoms with E-state index in [9.17, 15) is 5.11 Å². The zero-order valence-electron chi connectivity index (χ0n) is 14.1. The Morgan fingerprint density at radius 3 is 2.33 bits per heavy atom. The van der Waals surface area contributed by atoms with Crippen molar-refractivity contribution in [3.63, 3.8) is 0 Å². The van der Waals surface area contributed by atoms with Gasteiger partial charge in [-0.2, -0.15) is 0 Å². The van der Waals surface area contributed by atoms with Gasteiger partial charge in [-0.3, -0.25) is 4.90 Å². The predicted octanol–water partition coefficient (Wildman–Crippen LogP) is 2.69. The van der Waals surface area contributed by atoms with Crippen LogP contribution < -0.4 is 4.90 Å². The summed E-state index contributed by atoms with van der Waals surface area (Å²) in [6.45, 7) is 7.87. The number of anilines is 1. The molecule has 2 aromatic rings. The molecule has 24 heavy (non-hydrogen) atoms. The van der Waals surface area contributed by atoms with E-state index in [0.29, 0.717) is 5.02 Å². The SMILES string of the molecule is CC(C)(CO)N1CCN(c2ccc(-c3ccccc3Cl)nn2)CC1. The average Bonchev–Trinajstić information content (AvgIpc) is 2.62. The third-order valence-corrected chi connectivity index (χ3v) is 4.98. The summed E-state index contributed by atoms with van der Waals surface area (Å²) in [7, 11) is 0. The van der Waals surface area contributed by atoms with Crippen molar-refractivity contribution in [2.45, 2.75) is 19.4 Å². The minimum absolute atomic E-state index is 0.166. The molecule has 0 unspecified atom stereocenters. The Hall–Kier alpha value is -1.69. The van der Waals surface area contributed by atoms with Crippen molar-refractivity contribution in [2.75, 3.05) is 37.7 Å². The molecule has 1 aliphatic heterocycles. The van der Waals surface area contributed by atoms with E-state index < -0.39 is 0 Å². The van der Waals surface area contributed by atoms with Gasteiger partial charge in [0.25, 0.3) is 0 Å². The van der Waals surface area contributed by atoms with E-state index in [0.717, 1.165) is 43.3 Å². The van der Waals surface area contributed by atoms with Crippen LogP contribution in [0, 0.1) is 0 Å². The molecule has 1 aromatic carbocycles. The predicted molar refractivity (Wildman–Crippen MR) is 97.4 cm³/mol. The number of piperazine rings is 1. The standard InChI is InChI=1S/C18H23ClN4O/c1-18(2,13-24)23-11-9-22(10-12-23)17-8-7-16(20-21-17)14-5-3-4-6-15(14)19/h3-8,24H,9-13H2,1-2H3. The molecule has 0 atom stereocenters. The molecular weight excluding hydrogens is 324 g/mol. The van der Waals surface area contributed by atoms with E-state index in [1.54, 1.807) is 0 Å². The zero-order valence-corrected chi connectivity index (χ0v) is 14.9. The number of halogens is 1. The van der Waals surface area contributed by atoms with E-state index in [-0.39, 0.29) is 12.1 Å². The van der Waals surface area contributed by atoms with E-state index in [2.05, 4.69) is 33.8 Å². The summed E-state index contributed by atoms with van der Waals surface area (Å²) in [4.78, 5) is 4.54. The second-order valence-electron chi connectivity index (χ2n) is 6.70. The molecule has 1 N–H and O–H groups in total. The summed E-state index contributed by atoms with van der Waals surface area (Å²) in [5, 5.41) is 18.9. The summed E-state index contributed by atoms with van der Waals surface area (Å²) in [5.41, 5.74) is 1.50. The van der Waals surface area contributed by atoms with E-state index >= 15 is 0 Å². The van der Waals surface area contributed by atoms with Gasteiger partial charge in [0.05, 0.1) is 17.3 Å². The number of aliphatic hydroxyl groups is 1. The number of hydrogen-bond acceptors (Lipinski definition) is 5. The van der Waals surface area contributed by atoms with Crippen LogP contribution in [0.4, 0.5) is 5.82 Å². The topological polar surface area (TPSA) is 52.5 Å². The van der Waals surface area contributed by atoms with Crippen LogP contribution in [0.3, 0.4) is 0 Å². The number of aromatic nitrogens is 2. The molecule has 0 bridgehead atoms. The molecule has 0 amide bonds. The fourth-order valence-corrected chi connectivity index (χ4v) is 3.18. The molecule has 1 saturated heterocycles. The van der Waals surface area contributed by atoms with Gasteiger partial charge in [-0.1, -0.05) is 29.8 Å². The van der Waals surface area contributed by atoms with Gasteiger partial charge in [-0.15, -0.1) is 10.2 Å². The van der Waals surface area contributed by atoms with Crippen LogP contribution in [-0.2, 0) is 0 Å². The monoisotopic (exact) mass is 346 g/mol. The second kappa shape index (κ2) is 7.05. The minimum atomic E-state index is -0.175. The highest BCUT2D eigenvalue weighted by Gasteiger charge is 2.29. The summed E-state index contributed by atoms with van der Waals surface area (Å²) in [6.07, 6.45) is 0. The van der Waals surface area contributed by atoms with E-state index in [1.165, 1.54) is 0 Å². The molecule has 3 rings (SSSR count). The van der Waals surface area contributed by atoms with Crippen molar-refractivity contribution < 1.29 is 5.11 Å². The van der Waals surface area contributed by atoms with Gasteiger partial charge in [0.2, 0.25) is 0 Å². The number of rotatable bonds is 4. The molecule has 1 fully saturated rings. The lowest BCUT2D eigenvalue weighted by molar-refractivity contribution is 0.0525. The number of hydrogen-bond donors (Lipinski definition) is 1. The van der Waals surface area contributed by atoms with Gasteiger partial charge in [-0.05, 0) is 32.0 Å². The molecule has 1 aliphatic rings. The van der Waals surface area contributed by atoms with E-state index in [4.69, 9.17) is 11.6 Å². The molecule has 0 radical (unpaired) electrons. The quantitative estimate of drug-likeness (QED) is 0.922. The maximum absolute atomic E-state index is 9.50. The highest BCUT2D eigenvalue weighted by atomic mass is 35.5. The van der Waals surface area contributed by atoms with Gasteiger partial charge < -0.3 is 10.0 Å². The highest BCUT2D eigenvalue weighted by Crippen LogP contribution is 2.26.